The molecule has 2 aliphatic rings. The molecular weight excluding hydrogens is 212 g/mol. The van der Waals surface area contributed by atoms with Crippen LogP contribution in [0, 0.1) is 23.2 Å². The number of hydrogen-bond donors (Lipinski definition) is 1. The molecule has 0 radical (unpaired) electrons. The van der Waals surface area contributed by atoms with Gasteiger partial charge in [0.1, 0.15) is 0 Å². The van der Waals surface area contributed by atoms with Gasteiger partial charge in [0.05, 0.1) is 5.41 Å². The van der Waals surface area contributed by atoms with Crippen LogP contribution in [0.5, 0.6) is 0 Å². The van der Waals surface area contributed by atoms with E-state index in [1.807, 2.05) is 0 Å². The lowest BCUT2D eigenvalue weighted by Gasteiger charge is -2.30. The van der Waals surface area contributed by atoms with E-state index >= 15 is 0 Å². The van der Waals surface area contributed by atoms with Crippen LogP contribution in [-0.2, 0) is 4.79 Å². The SMILES string of the molecule is CCCCC(CC)CC1(C(=O)O)CC2CC2C1. The summed E-state index contributed by atoms with van der Waals surface area (Å²) in [5, 5.41) is 9.57. The van der Waals surface area contributed by atoms with E-state index in [2.05, 4.69) is 13.8 Å². The third kappa shape index (κ3) is 2.66. The minimum atomic E-state index is -0.514. The number of carboxylic acid groups (broad SMARTS) is 1. The Bertz CT molecular complexity index is 275. The molecule has 0 spiro atoms. The van der Waals surface area contributed by atoms with Crippen molar-refractivity contribution < 1.29 is 9.90 Å². The predicted molar refractivity (Wildman–Crippen MR) is 68.8 cm³/mol. The quantitative estimate of drug-likeness (QED) is 0.725. The monoisotopic (exact) mass is 238 g/mol. The number of rotatable bonds is 7. The van der Waals surface area contributed by atoms with Gasteiger partial charge in [-0.1, -0.05) is 39.5 Å². The van der Waals surface area contributed by atoms with Crippen molar-refractivity contribution in [3.63, 3.8) is 0 Å². The second-order valence-corrected chi connectivity index (χ2v) is 6.37. The van der Waals surface area contributed by atoms with Crippen molar-refractivity contribution in [3.05, 3.63) is 0 Å². The van der Waals surface area contributed by atoms with E-state index in [4.69, 9.17) is 0 Å². The number of carboxylic acids is 1. The van der Waals surface area contributed by atoms with E-state index in [9.17, 15) is 9.90 Å². The lowest BCUT2D eigenvalue weighted by Crippen LogP contribution is -2.32. The molecule has 2 nitrogen and oxygen atoms in total. The van der Waals surface area contributed by atoms with Crippen molar-refractivity contribution in [2.45, 2.75) is 65.2 Å². The normalized spacial score (nSPS) is 36.6. The summed E-state index contributed by atoms with van der Waals surface area (Å²) in [4.78, 5) is 11.6. The lowest BCUT2D eigenvalue weighted by molar-refractivity contribution is -0.150. The molecule has 3 unspecified atom stereocenters. The lowest BCUT2D eigenvalue weighted by atomic mass is 9.73. The highest BCUT2D eigenvalue weighted by molar-refractivity contribution is 5.75. The maximum Gasteiger partial charge on any atom is 0.309 e. The van der Waals surface area contributed by atoms with Gasteiger partial charge < -0.3 is 5.11 Å². The fourth-order valence-electron chi connectivity index (χ4n) is 3.82. The number of fused-ring (bicyclic) bond motifs is 1. The molecule has 0 aliphatic heterocycles. The number of hydrogen-bond acceptors (Lipinski definition) is 1. The van der Waals surface area contributed by atoms with Gasteiger partial charge in [-0.25, -0.2) is 0 Å². The molecular formula is C15H26O2. The van der Waals surface area contributed by atoms with Crippen molar-refractivity contribution in [1.29, 1.82) is 0 Å². The molecule has 0 aromatic carbocycles. The molecule has 2 heteroatoms. The zero-order valence-electron chi connectivity index (χ0n) is 11.2. The first-order valence-electron chi connectivity index (χ1n) is 7.34. The number of aliphatic carboxylic acids is 1. The fraction of sp³-hybridized carbons (Fsp3) is 0.933. The Labute approximate surface area is 105 Å². The van der Waals surface area contributed by atoms with Gasteiger partial charge >= 0.3 is 5.97 Å². The van der Waals surface area contributed by atoms with Crippen LogP contribution in [0.3, 0.4) is 0 Å². The third-order valence-electron chi connectivity index (χ3n) is 5.05. The molecule has 3 atom stereocenters. The first kappa shape index (κ1) is 12.9. The summed E-state index contributed by atoms with van der Waals surface area (Å²) in [5.41, 5.74) is -0.345. The minimum absolute atomic E-state index is 0.345. The van der Waals surface area contributed by atoms with Gasteiger partial charge in [-0.3, -0.25) is 4.79 Å². The van der Waals surface area contributed by atoms with Crippen molar-refractivity contribution in [3.8, 4) is 0 Å². The number of unbranched alkanes of at least 4 members (excludes halogenated alkanes) is 1. The number of carbonyl (C=O) groups is 1. The van der Waals surface area contributed by atoms with Crippen LogP contribution in [0.15, 0.2) is 0 Å². The fourth-order valence-corrected chi connectivity index (χ4v) is 3.82. The van der Waals surface area contributed by atoms with Crippen LogP contribution in [0.2, 0.25) is 0 Å². The Balaban J connectivity index is 1.95. The summed E-state index contributed by atoms with van der Waals surface area (Å²) < 4.78 is 0. The Morgan fingerprint density at radius 1 is 1.35 bits per heavy atom. The summed E-state index contributed by atoms with van der Waals surface area (Å²) in [6.07, 6.45) is 9.02. The van der Waals surface area contributed by atoms with Crippen LogP contribution in [-0.4, -0.2) is 11.1 Å². The summed E-state index contributed by atoms with van der Waals surface area (Å²) in [6, 6.07) is 0. The Hall–Kier alpha value is -0.530. The molecule has 2 rings (SSSR count). The Morgan fingerprint density at radius 3 is 2.47 bits per heavy atom. The maximum absolute atomic E-state index is 11.6. The minimum Gasteiger partial charge on any atom is -0.481 e. The van der Waals surface area contributed by atoms with Crippen molar-refractivity contribution in [2.24, 2.45) is 23.2 Å². The van der Waals surface area contributed by atoms with Crippen molar-refractivity contribution in [1.82, 2.24) is 0 Å². The highest BCUT2D eigenvalue weighted by Crippen LogP contribution is 2.62. The first-order valence-corrected chi connectivity index (χ1v) is 7.34. The van der Waals surface area contributed by atoms with E-state index in [0.717, 1.165) is 37.5 Å². The van der Waals surface area contributed by atoms with Crippen LogP contribution in [0.25, 0.3) is 0 Å². The van der Waals surface area contributed by atoms with E-state index in [0.29, 0.717) is 5.92 Å². The molecule has 0 aromatic rings. The van der Waals surface area contributed by atoms with Gasteiger partial charge in [-0.15, -0.1) is 0 Å². The smallest absolute Gasteiger partial charge is 0.309 e. The molecule has 2 saturated carbocycles. The zero-order chi connectivity index (χ0) is 12.5. The van der Waals surface area contributed by atoms with Crippen LogP contribution < -0.4 is 0 Å². The average molecular weight is 238 g/mol. The Kier molecular flexibility index (Phi) is 3.79. The van der Waals surface area contributed by atoms with Crippen molar-refractivity contribution >= 4 is 5.97 Å². The van der Waals surface area contributed by atoms with E-state index in [1.165, 1.54) is 25.7 Å². The first-order chi connectivity index (χ1) is 8.11. The molecule has 0 aromatic heterocycles. The standard InChI is InChI=1S/C15H26O2/c1-3-5-6-11(4-2)8-15(14(16)17)9-12-7-13(12)10-15/h11-13H,3-10H2,1-2H3,(H,16,17). The van der Waals surface area contributed by atoms with E-state index in [-0.39, 0.29) is 5.41 Å². The van der Waals surface area contributed by atoms with Gasteiger partial charge in [0.2, 0.25) is 0 Å². The maximum atomic E-state index is 11.6. The van der Waals surface area contributed by atoms with Gasteiger partial charge in [0.25, 0.3) is 0 Å². The molecule has 0 amide bonds. The van der Waals surface area contributed by atoms with Crippen LogP contribution in [0.1, 0.15) is 65.2 Å². The van der Waals surface area contributed by atoms with Gasteiger partial charge in [-0.05, 0) is 43.4 Å². The molecule has 0 heterocycles. The largest absolute Gasteiger partial charge is 0.481 e. The molecule has 2 fully saturated rings. The molecule has 98 valence electrons. The van der Waals surface area contributed by atoms with Gasteiger partial charge in [0.15, 0.2) is 0 Å². The van der Waals surface area contributed by atoms with Crippen LogP contribution in [0.4, 0.5) is 0 Å². The van der Waals surface area contributed by atoms with Gasteiger partial charge in [-0.2, -0.15) is 0 Å². The van der Waals surface area contributed by atoms with Crippen molar-refractivity contribution in [2.75, 3.05) is 0 Å². The predicted octanol–water partition coefficient (Wildman–Crippen LogP) is 4.09. The second kappa shape index (κ2) is 4.99. The molecule has 0 saturated heterocycles. The zero-order valence-corrected chi connectivity index (χ0v) is 11.2. The third-order valence-corrected chi connectivity index (χ3v) is 5.05. The summed E-state index contributed by atoms with van der Waals surface area (Å²) in [7, 11) is 0. The molecule has 0 bridgehead atoms. The molecule has 1 N–H and O–H groups in total. The Morgan fingerprint density at radius 2 is 2.00 bits per heavy atom. The van der Waals surface area contributed by atoms with Crippen LogP contribution >= 0.6 is 0 Å². The second-order valence-electron chi connectivity index (χ2n) is 6.37. The summed E-state index contributed by atoms with van der Waals surface area (Å²) in [5.74, 6) is 1.63. The average Bonchev–Trinajstić information content (AvgIpc) is 2.92. The highest BCUT2D eigenvalue weighted by atomic mass is 16.4. The van der Waals surface area contributed by atoms with E-state index < -0.39 is 5.97 Å². The molecule has 17 heavy (non-hydrogen) atoms. The van der Waals surface area contributed by atoms with E-state index in [1.54, 1.807) is 0 Å². The highest BCUT2D eigenvalue weighted by Gasteiger charge is 2.57. The summed E-state index contributed by atoms with van der Waals surface area (Å²) >= 11 is 0. The van der Waals surface area contributed by atoms with Gasteiger partial charge in [0, 0.05) is 0 Å². The molecule has 2 aliphatic carbocycles. The summed E-state index contributed by atoms with van der Waals surface area (Å²) in [6.45, 7) is 4.43. The topological polar surface area (TPSA) is 37.3 Å².